The summed E-state index contributed by atoms with van der Waals surface area (Å²) in [5, 5.41) is 0.666. The molecule has 1 aromatic carbocycles. The Kier molecular flexibility index (Phi) is 3.88. The minimum absolute atomic E-state index is 0.203. The second-order valence-electron chi connectivity index (χ2n) is 4.20. The van der Waals surface area contributed by atoms with Crippen molar-refractivity contribution in [1.29, 1.82) is 0 Å². The highest BCUT2D eigenvalue weighted by atomic mass is 35.7. The van der Waals surface area contributed by atoms with Gasteiger partial charge in [0, 0.05) is 40.2 Å². The van der Waals surface area contributed by atoms with Crippen LogP contribution < -0.4 is 0 Å². The number of hydrogen-bond donors (Lipinski definition) is 0. The molecule has 19 heavy (non-hydrogen) atoms. The first-order valence-electron chi connectivity index (χ1n) is 5.89. The second kappa shape index (κ2) is 5.28. The lowest BCUT2D eigenvalue weighted by Gasteiger charge is -2.05. The van der Waals surface area contributed by atoms with Gasteiger partial charge in [-0.1, -0.05) is 18.2 Å². The van der Waals surface area contributed by atoms with Crippen LogP contribution in [0.4, 0.5) is 0 Å². The maximum absolute atomic E-state index is 11.7. The van der Waals surface area contributed by atoms with Gasteiger partial charge >= 0.3 is 0 Å². The largest absolute Gasteiger partial charge is 0.343 e. The number of aryl methyl sites for hydroxylation is 1. The van der Waals surface area contributed by atoms with Crippen LogP contribution in [0.1, 0.15) is 19.0 Å². The van der Waals surface area contributed by atoms with E-state index in [1.807, 2.05) is 22.8 Å². The Morgan fingerprint density at radius 1 is 1.32 bits per heavy atom. The highest BCUT2D eigenvalue weighted by molar-refractivity contribution is 8.14. The van der Waals surface area contributed by atoms with Crippen molar-refractivity contribution in [2.75, 3.05) is 0 Å². The second-order valence-corrected chi connectivity index (χ2v) is 6.70. The van der Waals surface area contributed by atoms with Gasteiger partial charge in [0.2, 0.25) is 0 Å². The number of benzene rings is 1. The van der Waals surface area contributed by atoms with Gasteiger partial charge in [-0.2, -0.15) is 0 Å². The van der Waals surface area contributed by atoms with E-state index in [0.717, 1.165) is 5.52 Å². The van der Waals surface area contributed by atoms with Gasteiger partial charge in [0.1, 0.15) is 4.90 Å². The zero-order valence-corrected chi connectivity index (χ0v) is 12.3. The summed E-state index contributed by atoms with van der Waals surface area (Å²) in [6.07, 6.45) is 0.678. The van der Waals surface area contributed by atoms with E-state index in [9.17, 15) is 8.42 Å². The Balaban J connectivity index is 2.70. The number of hydrogen-bond acceptors (Lipinski definition) is 2. The van der Waals surface area contributed by atoms with Gasteiger partial charge in [0.15, 0.2) is 0 Å². The van der Waals surface area contributed by atoms with E-state index in [4.69, 9.17) is 10.7 Å². The maximum atomic E-state index is 11.7. The zero-order chi connectivity index (χ0) is 14.0. The summed E-state index contributed by atoms with van der Waals surface area (Å²) in [5.41, 5.74) is 1.53. The monoisotopic (exact) mass is 295 g/mol. The normalized spacial score (nSPS) is 11.3. The van der Waals surface area contributed by atoms with E-state index in [0.29, 0.717) is 24.0 Å². The summed E-state index contributed by atoms with van der Waals surface area (Å²) in [5.74, 6) is 5.82. The van der Waals surface area contributed by atoms with Gasteiger partial charge < -0.3 is 4.57 Å². The smallest absolute Gasteiger partial charge is 0.263 e. The molecular weight excluding hydrogens is 282 g/mol. The Bertz CT molecular complexity index is 779. The topological polar surface area (TPSA) is 39.1 Å². The van der Waals surface area contributed by atoms with Crippen molar-refractivity contribution in [2.24, 2.45) is 0 Å². The van der Waals surface area contributed by atoms with E-state index in [2.05, 4.69) is 11.8 Å². The van der Waals surface area contributed by atoms with Crippen LogP contribution in [0.25, 0.3) is 10.9 Å². The third kappa shape index (κ3) is 2.63. The number of fused-ring (bicyclic) bond motifs is 1. The standard InChI is InChI=1S/C14H14ClNO2S/c1-3-4-7-10-16-11(2)14(19(15,17)18)12-8-5-6-9-13(12)16/h5-6,8-9H,7,10H2,1-2H3. The molecule has 0 aliphatic heterocycles. The Labute approximate surface area is 117 Å². The van der Waals surface area contributed by atoms with Gasteiger partial charge in [-0.15, -0.1) is 11.8 Å². The molecule has 0 radical (unpaired) electrons. The lowest BCUT2D eigenvalue weighted by molar-refractivity contribution is 0.608. The Morgan fingerprint density at radius 3 is 2.63 bits per heavy atom. The molecule has 100 valence electrons. The third-order valence-corrected chi connectivity index (χ3v) is 4.52. The van der Waals surface area contributed by atoms with Gasteiger partial charge in [-0.25, -0.2) is 8.42 Å². The van der Waals surface area contributed by atoms with Crippen molar-refractivity contribution >= 4 is 30.6 Å². The molecule has 0 N–H and O–H groups in total. The zero-order valence-electron chi connectivity index (χ0n) is 10.8. The predicted molar refractivity (Wildman–Crippen MR) is 77.8 cm³/mol. The number of nitrogens with zero attached hydrogens (tertiary/aromatic N) is 1. The van der Waals surface area contributed by atoms with Gasteiger partial charge in [0.05, 0.1) is 0 Å². The molecule has 2 rings (SSSR count). The molecule has 1 aromatic heterocycles. The highest BCUT2D eigenvalue weighted by Gasteiger charge is 2.22. The molecule has 5 heteroatoms. The molecule has 2 aromatic rings. The number of halogens is 1. The minimum Gasteiger partial charge on any atom is -0.343 e. The molecule has 0 saturated heterocycles. The molecule has 0 unspecified atom stereocenters. The van der Waals surface area contributed by atoms with E-state index in [1.165, 1.54) is 0 Å². The van der Waals surface area contributed by atoms with Crippen LogP contribution in [0.5, 0.6) is 0 Å². The molecule has 0 saturated carbocycles. The van der Waals surface area contributed by atoms with Gasteiger partial charge in [0.25, 0.3) is 9.05 Å². The van der Waals surface area contributed by atoms with Crippen LogP contribution in [0, 0.1) is 18.8 Å². The third-order valence-electron chi connectivity index (χ3n) is 3.05. The van der Waals surface area contributed by atoms with Crippen molar-refractivity contribution in [3.63, 3.8) is 0 Å². The molecule has 0 spiro atoms. The summed E-state index contributed by atoms with van der Waals surface area (Å²) in [7, 11) is 1.79. The summed E-state index contributed by atoms with van der Waals surface area (Å²) in [4.78, 5) is 0.203. The number of rotatable bonds is 3. The average Bonchev–Trinajstić information content (AvgIpc) is 2.62. The molecule has 0 atom stereocenters. The van der Waals surface area contributed by atoms with Crippen LogP contribution >= 0.6 is 10.7 Å². The van der Waals surface area contributed by atoms with Crippen molar-refractivity contribution in [1.82, 2.24) is 4.57 Å². The Morgan fingerprint density at radius 2 is 2.00 bits per heavy atom. The van der Waals surface area contributed by atoms with E-state index in [1.54, 1.807) is 19.9 Å². The van der Waals surface area contributed by atoms with Crippen LogP contribution in [-0.2, 0) is 15.6 Å². The summed E-state index contributed by atoms with van der Waals surface area (Å²) < 4.78 is 25.4. The van der Waals surface area contributed by atoms with Crippen LogP contribution in [0.15, 0.2) is 29.2 Å². The molecule has 0 aliphatic rings. The SMILES string of the molecule is CC#CCCn1c(C)c(S(=O)(=O)Cl)c2ccccc21. The Hall–Kier alpha value is -1.44. The fourth-order valence-electron chi connectivity index (χ4n) is 2.29. The molecule has 0 fully saturated rings. The molecule has 0 aliphatic carbocycles. The molecule has 3 nitrogen and oxygen atoms in total. The lowest BCUT2D eigenvalue weighted by atomic mass is 10.2. The summed E-state index contributed by atoms with van der Waals surface area (Å²) in [6.45, 7) is 4.21. The first-order valence-corrected chi connectivity index (χ1v) is 8.20. The first kappa shape index (κ1) is 14.0. The lowest BCUT2D eigenvalue weighted by Crippen LogP contribution is -2.01. The van der Waals surface area contributed by atoms with Crippen LogP contribution in [-0.4, -0.2) is 13.0 Å². The minimum atomic E-state index is -3.75. The first-order chi connectivity index (χ1) is 8.96. The molecular formula is C14H14ClNO2S. The van der Waals surface area contributed by atoms with E-state index in [-0.39, 0.29) is 4.90 Å². The summed E-state index contributed by atoms with van der Waals surface area (Å²) in [6, 6.07) is 7.37. The average molecular weight is 296 g/mol. The van der Waals surface area contributed by atoms with Crippen molar-refractivity contribution in [2.45, 2.75) is 31.7 Å². The molecule has 0 bridgehead atoms. The molecule has 0 amide bonds. The van der Waals surface area contributed by atoms with Crippen molar-refractivity contribution in [3.05, 3.63) is 30.0 Å². The molecule has 1 heterocycles. The quantitative estimate of drug-likeness (QED) is 0.644. The van der Waals surface area contributed by atoms with E-state index >= 15 is 0 Å². The number of aromatic nitrogens is 1. The van der Waals surface area contributed by atoms with Crippen molar-refractivity contribution in [3.8, 4) is 11.8 Å². The van der Waals surface area contributed by atoms with Gasteiger partial charge in [-0.3, -0.25) is 0 Å². The van der Waals surface area contributed by atoms with Crippen LogP contribution in [0.2, 0.25) is 0 Å². The maximum Gasteiger partial charge on any atom is 0.263 e. The van der Waals surface area contributed by atoms with E-state index < -0.39 is 9.05 Å². The summed E-state index contributed by atoms with van der Waals surface area (Å²) >= 11 is 0. The number of para-hydroxylation sites is 1. The fourth-order valence-corrected chi connectivity index (χ4v) is 3.77. The van der Waals surface area contributed by atoms with Crippen molar-refractivity contribution < 1.29 is 8.42 Å². The predicted octanol–water partition coefficient (Wildman–Crippen LogP) is 3.29. The fraction of sp³-hybridized carbons (Fsp3) is 0.286. The van der Waals surface area contributed by atoms with Gasteiger partial charge in [-0.05, 0) is 19.9 Å². The van der Waals surface area contributed by atoms with Crippen LogP contribution in [0.3, 0.4) is 0 Å². The highest BCUT2D eigenvalue weighted by Crippen LogP contribution is 2.32.